The van der Waals surface area contributed by atoms with E-state index in [1.807, 2.05) is 13.1 Å². The molecule has 28 heavy (non-hydrogen) atoms. The summed E-state index contributed by atoms with van der Waals surface area (Å²) in [5.74, 6) is 1.53. The summed E-state index contributed by atoms with van der Waals surface area (Å²) in [6, 6.07) is 10.9. The van der Waals surface area contributed by atoms with Crippen LogP contribution in [-0.2, 0) is 11.3 Å². The Morgan fingerprint density at radius 3 is 2.79 bits per heavy atom. The fraction of sp³-hybridized carbons (Fsp3) is 0.542. The van der Waals surface area contributed by atoms with Gasteiger partial charge in [-0.2, -0.15) is 0 Å². The number of rotatable bonds is 2. The first kappa shape index (κ1) is 18.1. The zero-order chi connectivity index (χ0) is 19.1. The van der Waals surface area contributed by atoms with Crippen LogP contribution in [0.25, 0.3) is 0 Å². The van der Waals surface area contributed by atoms with E-state index in [-0.39, 0.29) is 11.7 Å². The molecule has 2 fully saturated rings. The van der Waals surface area contributed by atoms with Gasteiger partial charge in [-0.25, -0.2) is 0 Å². The molecule has 0 N–H and O–H groups in total. The van der Waals surface area contributed by atoms with Crippen LogP contribution in [0.1, 0.15) is 54.2 Å². The molecule has 0 aliphatic carbocycles. The molecule has 2 atom stereocenters. The molecule has 0 unspecified atom stereocenters. The van der Waals surface area contributed by atoms with Crippen molar-refractivity contribution in [2.75, 3.05) is 19.7 Å². The van der Waals surface area contributed by atoms with Crippen molar-refractivity contribution < 1.29 is 9.47 Å². The van der Waals surface area contributed by atoms with Crippen molar-refractivity contribution in [1.82, 2.24) is 9.88 Å². The number of ether oxygens (including phenoxy) is 2. The average Bonchev–Trinajstić information content (AvgIpc) is 2.71. The van der Waals surface area contributed by atoms with Crippen LogP contribution in [0.15, 0.2) is 36.5 Å². The first-order valence-electron chi connectivity index (χ1n) is 10.7. The van der Waals surface area contributed by atoms with Crippen LogP contribution in [0.3, 0.4) is 0 Å². The molecule has 1 spiro atoms. The van der Waals surface area contributed by atoms with Gasteiger partial charge < -0.3 is 9.47 Å². The zero-order valence-electron chi connectivity index (χ0n) is 17.0. The van der Waals surface area contributed by atoms with Crippen LogP contribution in [0, 0.1) is 19.8 Å². The number of pyridine rings is 1. The van der Waals surface area contributed by atoms with Crippen molar-refractivity contribution in [2.45, 2.75) is 57.8 Å². The highest BCUT2D eigenvalue weighted by Crippen LogP contribution is 2.53. The zero-order valence-corrected chi connectivity index (χ0v) is 17.0. The van der Waals surface area contributed by atoms with Gasteiger partial charge in [-0.1, -0.05) is 18.2 Å². The summed E-state index contributed by atoms with van der Waals surface area (Å²) in [6.45, 7) is 8.16. The summed E-state index contributed by atoms with van der Waals surface area (Å²) < 4.78 is 13.1. The number of aromatic nitrogens is 1. The Labute approximate surface area is 167 Å². The minimum atomic E-state index is -0.0755. The summed E-state index contributed by atoms with van der Waals surface area (Å²) in [5.41, 5.74) is 4.82. The third-order valence-electron chi connectivity index (χ3n) is 6.87. The lowest BCUT2D eigenvalue weighted by atomic mass is 9.70. The lowest BCUT2D eigenvalue weighted by Gasteiger charge is -2.53. The molecule has 3 aliphatic rings. The van der Waals surface area contributed by atoms with Crippen LogP contribution >= 0.6 is 0 Å². The molecule has 1 aromatic carbocycles. The predicted molar refractivity (Wildman–Crippen MR) is 109 cm³/mol. The Morgan fingerprint density at radius 2 is 2.00 bits per heavy atom. The molecule has 3 aliphatic heterocycles. The first-order valence-corrected chi connectivity index (χ1v) is 10.7. The molecule has 4 nitrogen and oxygen atoms in total. The standard InChI is InChI=1S/C24H30N2O2/c1-17-5-8-20-22(14-17)28-24(21-4-3-13-27-23(20)21)9-11-26(12-10-24)16-19-7-6-18(2)25-15-19/h5-8,14-15,21,23H,3-4,9-13,16H2,1-2H3/t21-,23+/m0/s1. The second-order valence-corrected chi connectivity index (χ2v) is 8.83. The number of piperidine rings is 1. The number of likely N-dealkylation sites (tertiary alicyclic amines) is 1. The normalized spacial score (nSPS) is 26.4. The molecule has 0 amide bonds. The molecule has 5 rings (SSSR count). The largest absolute Gasteiger partial charge is 0.486 e. The van der Waals surface area contributed by atoms with E-state index in [0.29, 0.717) is 5.92 Å². The number of fused-ring (bicyclic) bond motifs is 4. The molecule has 2 saturated heterocycles. The monoisotopic (exact) mass is 378 g/mol. The lowest BCUT2D eigenvalue weighted by molar-refractivity contribution is -0.150. The maximum Gasteiger partial charge on any atom is 0.126 e. The van der Waals surface area contributed by atoms with Crippen LogP contribution in [0.5, 0.6) is 5.75 Å². The quantitative estimate of drug-likeness (QED) is 0.765. The Morgan fingerprint density at radius 1 is 1.14 bits per heavy atom. The van der Waals surface area contributed by atoms with Crippen molar-refractivity contribution >= 4 is 0 Å². The Balaban J connectivity index is 1.35. The molecular weight excluding hydrogens is 348 g/mol. The number of aryl methyl sites for hydroxylation is 2. The highest BCUT2D eigenvalue weighted by molar-refractivity contribution is 5.42. The fourth-order valence-electron chi connectivity index (χ4n) is 5.30. The summed E-state index contributed by atoms with van der Waals surface area (Å²) >= 11 is 0. The van der Waals surface area contributed by atoms with Gasteiger partial charge in [0.15, 0.2) is 0 Å². The molecule has 1 aromatic heterocycles. The van der Waals surface area contributed by atoms with Gasteiger partial charge >= 0.3 is 0 Å². The lowest BCUT2D eigenvalue weighted by Crippen LogP contribution is -2.57. The molecule has 148 valence electrons. The Hall–Kier alpha value is -1.91. The summed E-state index contributed by atoms with van der Waals surface area (Å²) in [7, 11) is 0. The van der Waals surface area contributed by atoms with Gasteiger partial charge in [-0.15, -0.1) is 0 Å². The average molecular weight is 379 g/mol. The topological polar surface area (TPSA) is 34.6 Å². The van der Waals surface area contributed by atoms with Crippen molar-refractivity contribution in [3.05, 3.63) is 58.9 Å². The first-order chi connectivity index (χ1) is 13.6. The highest BCUT2D eigenvalue weighted by atomic mass is 16.5. The third-order valence-corrected chi connectivity index (χ3v) is 6.87. The number of hydrogen-bond acceptors (Lipinski definition) is 4. The van der Waals surface area contributed by atoms with E-state index in [1.54, 1.807) is 0 Å². The van der Waals surface area contributed by atoms with E-state index in [1.165, 1.54) is 23.1 Å². The van der Waals surface area contributed by atoms with Crippen LogP contribution in [0.2, 0.25) is 0 Å². The van der Waals surface area contributed by atoms with Gasteiger partial charge in [0.25, 0.3) is 0 Å². The molecule has 2 aromatic rings. The summed E-state index contributed by atoms with van der Waals surface area (Å²) in [6.07, 6.45) is 6.72. The van der Waals surface area contributed by atoms with Crippen molar-refractivity contribution in [1.29, 1.82) is 0 Å². The summed E-state index contributed by atoms with van der Waals surface area (Å²) in [5, 5.41) is 0. The molecule has 0 bridgehead atoms. The van der Waals surface area contributed by atoms with Crippen LogP contribution in [0.4, 0.5) is 0 Å². The van der Waals surface area contributed by atoms with Crippen LogP contribution < -0.4 is 4.74 Å². The SMILES string of the molecule is Cc1ccc2c(c1)OC1(CCN(Cc3ccc(C)nc3)CC1)[C@H]1CCCO[C@H]21. The van der Waals surface area contributed by atoms with E-state index in [2.05, 4.69) is 47.1 Å². The highest BCUT2D eigenvalue weighted by Gasteiger charge is 2.52. The van der Waals surface area contributed by atoms with Crippen LogP contribution in [-0.4, -0.2) is 35.2 Å². The van der Waals surface area contributed by atoms with Gasteiger partial charge in [-0.3, -0.25) is 9.88 Å². The number of benzene rings is 1. The van der Waals surface area contributed by atoms with Gasteiger partial charge in [0, 0.05) is 62.5 Å². The van der Waals surface area contributed by atoms with Gasteiger partial charge in [0.05, 0.1) is 6.10 Å². The smallest absolute Gasteiger partial charge is 0.126 e. The number of hydrogen-bond donors (Lipinski definition) is 0. The van der Waals surface area contributed by atoms with E-state index < -0.39 is 0 Å². The second-order valence-electron chi connectivity index (χ2n) is 8.83. The van der Waals surface area contributed by atoms with E-state index in [4.69, 9.17) is 9.47 Å². The van der Waals surface area contributed by atoms with Crippen molar-refractivity contribution in [2.24, 2.45) is 5.92 Å². The second kappa shape index (κ2) is 7.16. The van der Waals surface area contributed by atoms with E-state index >= 15 is 0 Å². The van der Waals surface area contributed by atoms with E-state index in [0.717, 1.165) is 56.9 Å². The van der Waals surface area contributed by atoms with Crippen molar-refractivity contribution in [3.63, 3.8) is 0 Å². The Kier molecular flexibility index (Phi) is 4.64. The fourth-order valence-corrected chi connectivity index (χ4v) is 5.30. The maximum atomic E-state index is 6.81. The predicted octanol–water partition coefficient (Wildman–Crippen LogP) is 4.59. The molecule has 4 heterocycles. The third kappa shape index (κ3) is 3.23. The van der Waals surface area contributed by atoms with Gasteiger partial charge in [0.2, 0.25) is 0 Å². The minimum Gasteiger partial charge on any atom is -0.486 e. The minimum absolute atomic E-state index is 0.0755. The van der Waals surface area contributed by atoms with Gasteiger partial charge in [0.1, 0.15) is 11.4 Å². The molecule has 0 radical (unpaired) electrons. The van der Waals surface area contributed by atoms with E-state index in [9.17, 15) is 0 Å². The molecule has 0 saturated carbocycles. The molecule has 4 heteroatoms. The summed E-state index contributed by atoms with van der Waals surface area (Å²) in [4.78, 5) is 6.99. The Bertz CT molecular complexity index is 840. The molecular formula is C24H30N2O2. The van der Waals surface area contributed by atoms with Crippen molar-refractivity contribution in [3.8, 4) is 5.75 Å². The van der Waals surface area contributed by atoms with Gasteiger partial charge in [-0.05, 0) is 49.9 Å². The number of nitrogens with zero attached hydrogens (tertiary/aromatic N) is 2. The maximum absolute atomic E-state index is 6.81.